The molecule has 0 aliphatic carbocycles. The first-order chi connectivity index (χ1) is 13.2. The second-order valence-corrected chi connectivity index (χ2v) is 7.65. The Balaban J connectivity index is 1.61. The Morgan fingerprint density at radius 2 is 1.67 bits per heavy atom. The second kappa shape index (κ2) is 12.0. The number of thioether (sulfide) groups is 1. The highest BCUT2D eigenvalue weighted by molar-refractivity contribution is 8.00. The first kappa shape index (κ1) is 20.8. The molecule has 1 unspecified atom stereocenters. The molecule has 1 amide bonds. The van der Waals surface area contributed by atoms with Crippen LogP contribution in [-0.4, -0.2) is 37.3 Å². The molecule has 0 radical (unpaired) electrons. The van der Waals surface area contributed by atoms with Crippen LogP contribution >= 0.6 is 11.8 Å². The largest absolute Gasteiger partial charge is 0.356 e. The van der Waals surface area contributed by atoms with E-state index >= 15 is 0 Å². The van der Waals surface area contributed by atoms with Crippen molar-refractivity contribution in [3.8, 4) is 0 Å². The maximum atomic E-state index is 11.9. The van der Waals surface area contributed by atoms with Gasteiger partial charge in [0.05, 0.1) is 0 Å². The molecule has 2 aromatic rings. The number of guanidine groups is 1. The summed E-state index contributed by atoms with van der Waals surface area (Å²) in [5.41, 5.74) is 1.10. The van der Waals surface area contributed by atoms with Crippen molar-refractivity contribution >= 4 is 23.6 Å². The fourth-order valence-corrected chi connectivity index (χ4v) is 3.36. The first-order valence-electron chi connectivity index (χ1n) is 9.14. The van der Waals surface area contributed by atoms with Crippen molar-refractivity contribution in [2.24, 2.45) is 4.99 Å². The number of amides is 1. The monoisotopic (exact) mass is 384 g/mol. The Morgan fingerprint density at radius 1 is 1.00 bits per heavy atom. The lowest BCUT2D eigenvalue weighted by Gasteiger charge is -2.16. The van der Waals surface area contributed by atoms with E-state index in [-0.39, 0.29) is 5.91 Å². The summed E-state index contributed by atoms with van der Waals surface area (Å²) < 4.78 is 0. The lowest BCUT2D eigenvalue weighted by molar-refractivity contribution is -0.121. The third-order valence-electron chi connectivity index (χ3n) is 3.84. The molecule has 0 aromatic heterocycles. The van der Waals surface area contributed by atoms with Crippen LogP contribution in [0.3, 0.4) is 0 Å². The van der Waals surface area contributed by atoms with Crippen LogP contribution in [0.4, 0.5) is 0 Å². The van der Waals surface area contributed by atoms with Crippen LogP contribution in [0.5, 0.6) is 0 Å². The molecule has 0 spiro atoms. The van der Waals surface area contributed by atoms with E-state index in [9.17, 15) is 4.79 Å². The van der Waals surface area contributed by atoms with Gasteiger partial charge >= 0.3 is 0 Å². The van der Waals surface area contributed by atoms with Crippen LogP contribution in [0.25, 0.3) is 0 Å². The summed E-state index contributed by atoms with van der Waals surface area (Å²) in [7, 11) is 1.74. The lowest BCUT2D eigenvalue weighted by atomic mass is 10.2. The molecule has 1 atom stereocenters. The Kier molecular flexibility index (Phi) is 9.27. The number of nitrogens with one attached hydrogen (secondary N) is 3. The van der Waals surface area contributed by atoms with Gasteiger partial charge in [0.1, 0.15) is 0 Å². The number of hydrogen-bond acceptors (Lipinski definition) is 3. The fourth-order valence-electron chi connectivity index (χ4n) is 2.41. The summed E-state index contributed by atoms with van der Waals surface area (Å²) in [6, 6.07) is 20.2. The Labute approximate surface area is 166 Å². The van der Waals surface area contributed by atoms with Gasteiger partial charge in [-0.05, 0) is 17.7 Å². The molecule has 144 valence electrons. The van der Waals surface area contributed by atoms with E-state index in [1.165, 1.54) is 4.90 Å². The number of aliphatic imine (C=N–C) groups is 1. The standard InChI is InChI=1S/C21H28N4OS/c1-17(27-19-11-7-4-8-12-19)15-25-21(22-2)23-14-13-20(26)24-16-18-9-5-3-6-10-18/h3-12,17H,13-16H2,1-2H3,(H,24,26)(H2,22,23,25). The van der Waals surface area contributed by atoms with E-state index < -0.39 is 0 Å². The van der Waals surface area contributed by atoms with E-state index in [1.807, 2.05) is 60.3 Å². The minimum Gasteiger partial charge on any atom is -0.356 e. The number of hydrogen-bond donors (Lipinski definition) is 3. The summed E-state index contributed by atoms with van der Waals surface area (Å²) in [4.78, 5) is 17.4. The molecule has 27 heavy (non-hydrogen) atoms. The molecule has 0 saturated heterocycles. The first-order valence-corrected chi connectivity index (χ1v) is 10.0. The molecular weight excluding hydrogens is 356 g/mol. The summed E-state index contributed by atoms with van der Waals surface area (Å²) in [5, 5.41) is 9.82. The van der Waals surface area contributed by atoms with E-state index in [4.69, 9.17) is 0 Å². The van der Waals surface area contributed by atoms with Crippen molar-refractivity contribution in [2.75, 3.05) is 20.1 Å². The molecular formula is C21H28N4OS. The summed E-state index contributed by atoms with van der Waals surface area (Å²) >= 11 is 1.82. The van der Waals surface area contributed by atoms with Crippen molar-refractivity contribution in [3.63, 3.8) is 0 Å². The molecule has 0 fully saturated rings. The second-order valence-electron chi connectivity index (χ2n) is 6.13. The Morgan fingerprint density at radius 3 is 2.33 bits per heavy atom. The summed E-state index contributed by atoms with van der Waals surface area (Å²) in [6.07, 6.45) is 0.405. The third-order valence-corrected chi connectivity index (χ3v) is 4.95. The highest BCUT2D eigenvalue weighted by Crippen LogP contribution is 2.21. The number of rotatable bonds is 9. The summed E-state index contributed by atoms with van der Waals surface area (Å²) in [5.74, 6) is 0.737. The molecule has 0 aliphatic rings. The quantitative estimate of drug-likeness (QED) is 0.353. The van der Waals surface area contributed by atoms with Crippen LogP contribution in [0, 0.1) is 0 Å². The van der Waals surface area contributed by atoms with Gasteiger partial charge in [0, 0.05) is 43.2 Å². The van der Waals surface area contributed by atoms with E-state index in [0.717, 1.165) is 12.1 Å². The molecule has 2 aromatic carbocycles. The topological polar surface area (TPSA) is 65.5 Å². The normalized spacial score (nSPS) is 12.3. The molecule has 5 nitrogen and oxygen atoms in total. The SMILES string of the molecule is CN=C(NCCC(=O)NCc1ccccc1)NCC(C)Sc1ccccc1. The predicted molar refractivity (Wildman–Crippen MR) is 114 cm³/mol. The van der Waals surface area contributed by atoms with E-state index in [0.29, 0.717) is 30.7 Å². The predicted octanol–water partition coefficient (Wildman–Crippen LogP) is 3.04. The highest BCUT2D eigenvalue weighted by Gasteiger charge is 2.06. The summed E-state index contributed by atoms with van der Waals surface area (Å²) in [6.45, 7) is 4.07. The Hall–Kier alpha value is -2.47. The van der Waals surface area contributed by atoms with Crippen LogP contribution in [-0.2, 0) is 11.3 Å². The zero-order valence-electron chi connectivity index (χ0n) is 15.9. The molecule has 6 heteroatoms. The van der Waals surface area contributed by atoms with E-state index in [2.05, 4.69) is 40.0 Å². The van der Waals surface area contributed by atoms with Gasteiger partial charge in [-0.2, -0.15) is 0 Å². The third kappa shape index (κ3) is 8.64. The molecule has 3 N–H and O–H groups in total. The van der Waals surface area contributed by atoms with Gasteiger partial charge in [0.2, 0.25) is 5.91 Å². The van der Waals surface area contributed by atoms with Gasteiger partial charge in [0.25, 0.3) is 0 Å². The zero-order chi connectivity index (χ0) is 19.3. The fraction of sp³-hybridized carbons (Fsp3) is 0.333. The number of nitrogens with zero attached hydrogens (tertiary/aromatic N) is 1. The van der Waals surface area contributed by atoms with Gasteiger partial charge < -0.3 is 16.0 Å². The van der Waals surface area contributed by atoms with Crippen LogP contribution < -0.4 is 16.0 Å². The van der Waals surface area contributed by atoms with E-state index in [1.54, 1.807) is 7.05 Å². The number of benzene rings is 2. The van der Waals surface area contributed by atoms with Crippen LogP contribution in [0.15, 0.2) is 70.6 Å². The van der Waals surface area contributed by atoms with Gasteiger partial charge in [0.15, 0.2) is 5.96 Å². The molecule has 2 rings (SSSR count). The maximum absolute atomic E-state index is 11.9. The average Bonchev–Trinajstić information content (AvgIpc) is 2.70. The van der Waals surface area contributed by atoms with Gasteiger partial charge in [-0.3, -0.25) is 9.79 Å². The highest BCUT2D eigenvalue weighted by atomic mass is 32.2. The molecule has 0 bridgehead atoms. The van der Waals surface area contributed by atoms with Crippen molar-refractivity contribution in [1.82, 2.24) is 16.0 Å². The smallest absolute Gasteiger partial charge is 0.222 e. The van der Waals surface area contributed by atoms with Gasteiger partial charge in [-0.1, -0.05) is 55.5 Å². The lowest BCUT2D eigenvalue weighted by Crippen LogP contribution is -2.41. The van der Waals surface area contributed by atoms with Gasteiger partial charge in [-0.25, -0.2) is 0 Å². The molecule has 0 aliphatic heterocycles. The Bertz CT molecular complexity index is 707. The van der Waals surface area contributed by atoms with Crippen molar-refractivity contribution in [2.45, 2.75) is 30.0 Å². The van der Waals surface area contributed by atoms with Crippen LogP contribution in [0.1, 0.15) is 18.9 Å². The van der Waals surface area contributed by atoms with Gasteiger partial charge in [-0.15, -0.1) is 11.8 Å². The maximum Gasteiger partial charge on any atom is 0.222 e. The molecule has 0 saturated carbocycles. The minimum absolute atomic E-state index is 0.0230. The zero-order valence-corrected chi connectivity index (χ0v) is 16.8. The van der Waals surface area contributed by atoms with Crippen molar-refractivity contribution in [3.05, 3.63) is 66.2 Å². The van der Waals surface area contributed by atoms with Crippen molar-refractivity contribution < 1.29 is 4.79 Å². The van der Waals surface area contributed by atoms with Crippen LogP contribution in [0.2, 0.25) is 0 Å². The molecule has 0 heterocycles. The number of carbonyl (C=O) groups excluding carboxylic acids is 1. The average molecular weight is 385 g/mol. The minimum atomic E-state index is 0.0230. The van der Waals surface area contributed by atoms with Crippen molar-refractivity contribution in [1.29, 1.82) is 0 Å². The number of carbonyl (C=O) groups is 1.